The number of hydrogen-bond donors (Lipinski definition) is 1. The highest BCUT2D eigenvalue weighted by atomic mass is 19.1. The van der Waals surface area contributed by atoms with Crippen LogP contribution in [0, 0.1) is 17.1 Å². The van der Waals surface area contributed by atoms with Gasteiger partial charge in [0, 0.05) is 6.54 Å². The number of benzene rings is 2. The Bertz CT molecular complexity index is 1050. The van der Waals surface area contributed by atoms with Crippen LogP contribution in [-0.2, 0) is 15.1 Å². The zero-order valence-corrected chi connectivity index (χ0v) is 17.6. The van der Waals surface area contributed by atoms with Crippen molar-refractivity contribution in [3.63, 3.8) is 0 Å². The molecule has 0 spiro atoms. The van der Waals surface area contributed by atoms with Gasteiger partial charge in [-0.3, -0.25) is 14.5 Å². The van der Waals surface area contributed by atoms with Gasteiger partial charge in [-0.05, 0) is 56.2 Å². The van der Waals surface area contributed by atoms with Gasteiger partial charge in [-0.2, -0.15) is 5.26 Å². The van der Waals surface area contributed by atoms with E-state index in [0.717, 1.165) is 10.5 Å². The molecular weight excluding hydrogens is 399 g/mol. The lowest BCUT2D eigenvalue weighted by molar-refractivity contribution is -0.140. The summed E-state index contributed by atoms with van der Waals surface area (Å²) in [6, 6.07) is 13.3. The highest BCUT2D eigenvalue weighted by Crippen LogP contribution is 2.29. The number of urea groups is 1. The number of imide groups is 1. The zero-order chi connectivity index (χ0) is 22.8. The number of carbonyl (C=O) groups is 3. The van der Waals surface area contributed by atoms with Crippen LogP contribution in [0.15, 0.2) is 48.5 Å². The predicted octanol–water partition coefficient (Wildman–Crippen LogP) is 3.07. The molecule has 1 N–H and O–H groups in total. The van der Waals surface area contributed by atoms with Crippen LogP contribution in [0.3, 0.4) is 0 Å². The van der Waals surface area contributed by atoms with Crippen LogP contribution in [-0.4, -0.2) is 40.7 Å². The minimum Gasteiger partial charge on any atom is -0.335 e. The first kappa shape index (κ1) is 22.0. The number of halogens is 1. The minimum atomic E-state index is -1.37. The summed E-state index contributed by atoms with van der Waals surface area (Å²) in [4.78, 5) is 41.0. The molecule has 0 aliphatic carbocycles. The van der Waals surface area contributed by atoms with Gasteiger partial charge in [-0.15, -0.1) is 0 Å². The van der Waals surface area contributed by atoms with Crippen molar-refractivity contribution in [2.24, 2.45) is 0 Å². The maximum atomic E-state index is 13.3. The first-order valence-electron chi connectivity index (χ1n) is 9.91. The van der Waals surface area contributed by atoms with E-state index in [4.69, 9.17) is 5.26 Å². The number of nitrogens with zero attached hydrogens (tertiary/aromatic N) is 3. The van der Waals surface area contributed by atoms with E-state index in [1.165, 1.54) is 31.2 Å². The Hall–Kier alpha value is -3.73. The SMILES string of the molecule is CCN(C(=O)CN1C(=O)NC(C)(c2ccc(F)cc2)C1=O)C(C)c1ccc(C#N)cc1. The highest BCUT2D eigenvalue weighted by Gasteiger charge is 2.49. The Kier molecular flexibility index (Phi) is 6.07. The summed E-state index contributed by atoms with van der Waals surface area (Å²) in [5.41, 5.74) is 0.411. The Morgan fingerprint density at radius 3 is 2.35 bits per heavy atom. The van der Waals surface area contributed by atoms with Crippen molar-refractivity contribution in [1.29, 1.82) is 5.26 Å². The second kappa shape index (κ2) is 8.56. The van der Waals surface area contributed by atoms with Crippen LogP contribution in [0.5, 0.6) is 0 Å². The van der Waals surface area contributed by atoms with Crippen LogP contribution in [0.25, 0.3) is 0 Å². The summed E-state index contributed by atoms with van der Waals surface area (Å²) >= 11 is 0. The van der Waals surface area contributed by atoms with Gasteiger partial charge in [0.15, 0.2) is 0 Å². The third kappa shape index (κ3) is 4.12. The van der Waals surface area contributed by atoms with Crippen LogP contribution < -0.4 is 5.32 Å². The van der Waals surface area contributed by atoms with E-state index < -0.39 is 29.8 Å². The Morgan fingerprint density at radius 2 is 1.81 bits per heavy atom. The number of rotatable bonds is 6. The van der Waals surface area contributed by atoms with Crippen molar-refractivity contribution in [2.45, 2.75) is 32.4 Å². The molecule has 2 unspecified atom stereocenters. The number of carbonyl (C=O) groups excluding carboxylic acids is 3. The molecule has 31 heavy (non-hydrogen) atoms. The molecule has 1 aliphatic heterocycles. The Labute approximate surface area is 180 Å². The van der Waals surface area contributed by atoms with Gasteiger partial charge < -0.3 is 10.2 Å². The molecule has 1 aliphatic rings. The molecule has 2 aromatic carbocycles. The fourth-order valence-corrected chi connectivity index (χ4v) is 3.73. The smallest absolute Gasteiger partial charge is 0.325 e. The van der Waals surface area contributed by atoms with Gasteiger partial charge in [-0.25, -0.2) is 9.18 Å². The van der Waals surface area contributed by atoms with Crippen molar-refractivity contribution in [3.8, 4) is 6.07 Å². The predicted molar refractivity (Wildman–Crippen MR) is 111 cm³/mol. The molecule has 0 saturated carbocycles. The number of nitrogens with one attached hydrogen (secondary N) is 1. The van der Waals surface area contributed by atoms with Crippen LogP contribution in [0.1, 0.15) is 43.5 Å². The Balaban J connectivity index is 1.77. The maximum Gasteiger partial charge on any atom is 0.325 e. The third-order valence-electron chi connectivity index (χ3n) is 5.64. The highest BCUT2D eigenvalue weighted by molar-refractivity contribution is 6.09. The standard InChI is InChI=1S/C23H23FN4O3/c1-4-27(15(2)17-7-5-16(13-25)6-8-17)20(29)14-28-21(30)23(3,26-22(28)31)18-9-11-19(24)12-10-18/h5-12,15H,4,14H2,1-3H3,(H,26,31). The molecule has 8 heteroatoms. The lowest BCUT2D eigenvalue weighted by atomic mass is 9.92. The third-order valence-corrected chi connectivity index (χ3v) is 5.64. The Morgan fingerprint density at radius 1 is 1.19 bits per heavy atom. The van der Waals surface area contributed by atoms with E-state index in [9.17, 15) is 18.8 Å². The van der Waals surface area contributed by atoms with Crippen LogP contribution in [0.4, 0.5) is 9.18 Å². The molecule has 0 radical (unpaired) electrons. The van der Waals surface area contributed by atoms with E-state index in [1.54, 1.807) is 29.2 Å². The van der Waals surface area contributed by atoms with Gasteiger partial charge in [0.2, 0.25) is 5.91 Å². The van der Waals surface area contributed by atoms with Gasteiger partial charge in [0.25, 0.3) is 5.91 Å². The van der Waals surface area contributed by atoms with Crippen LogP contribution in [0.2, 0.25) is 0 Å². The minimum absolute atomic E-state index is 0.311. The van der Waals surface area contributed by atoms with Crippen molar-refractivity contribution in [2.75, 3.05) is 13.1 Å². The summed E-state index contributed by atoms with van der Waals surface area (Å²) in [7, 11) is 0. The van der Waals surface area contributed by atoms with E-state index in [2.05, 4.69) is 11.4 Å². The normalized spacial score (nSPS) is 19.0. The maximum absolute atomic E-state index is 13.3. The quantitative estimate of drug-likeness (QED) is 0.724. The fourth-order valence-electron chi connectivity index (χ4n) is 3.73. The average Bonchev–Trinajstić information content (AvgIpc) is 2.98. The molecule has 7 nitrogen and oxygen atoms in total. The second-order valence-electron chi connectivity index (χ2n) is 7.54. The average molecular weight is 422 g/mol. The van der Waals surface area contributed by atoms with Crippen LogP contribution >= 0.6 is 0 Å². The lowest BCUT2D eigenvalue weighted by Crippen LogP contribution is -2.45. The molecule has 0 aromatic heterocycles. The molecule has 0 bridgehead atoms. The van der Waals surface area contributed by atoms with Gasteiger partial charge in [0.1, 0.15) is 17.9 Å². The monoisotopic (exact) mass is 422 g/mol. The summed E-state index contributed by atoms with van der Waals surface area (Å²) < 4.78 is 13.3. The molecule has 160 valence electrons. The molecule has 1 fully saturated rings. The van der Waals surface area contributed by atoms with Crippen molar-refractivity contribution in [3.05, 3.63) is 71.0 Å². The summed E-state index contributed by atoms with van der Waals surface area (Å²) in [5, 5.41) is 11.6. The number of likely N-dealkylation sites (N-methyl/N-ethyl adjacent to an activating group) is 1. The number of hydrogen-bond acceptors (Lipinski definition) is 4. The van der Waals surface area contributed by atoms with E-state index in [0.29, 0.717) is 17.7 Å². The number of nitriles is 1. The van der Waals surface area contributed by atoms with Crippen molar-refractivity contribution >= 4 is 17.8 Å². The van der Waals surface area contributed by atoms with Gasteiger partial charge >= 0.3 is 6.03 Å². The second-order valence-corrected chi connectivity index (χ2v) is 7.54. The zero-order valence-electron chi connectivity index (χ0n) is 17.6. The molecule has 2 aromatic rings. The topological polar surface area (TPSA) is 93.5 Å². The first-order chi connectivity index (χ1) is 14.7. The molecule has 1 saturated heterocycles. The molecular formula is C23H23FN4O3. The summed E-state index contributed by atoms with van der Waals surface area (Å²) in [6.45, 7) is 5.15. The molecule has 2 atom stereocenters. The van der Waals surface area contributed by atoms with E-state index in [-0.39, 0.29) is 11.9 Å². The van der Waals surface area contributed by atoms with Gasteiger partial charge in [-0.1, -0.05) is 24.3 Å². The summed E-state index contributed by atoms with van der Waals surface area (Å²) in [5.74, 6) is -1.41. The lowest BCUT2D eigenvalue weighted by Gasteiger charge is -2.30. The van der Waals surface area contributed by atoms with Crippen molar-refractivity contribution < 1.29 is 18.8 Å². The fraction of sp³-hybridized carbons (Fsp3) is 0.304. The molecule has 4 amide bonds. The number of amides is 4. The molecule has 3 rings (SSSR count). The van der Waals surface area contributed by atoms with Crippen molar-refractivity contribution in [1.82, 2.24) is 15.1 Å². The molecule has 1 heterocycles. The summed E-state index contributed by atoms with van der Waals surface area (Å²) in [6.07, 6.45) is 0. The largest absolute Gasteiger partial charge is 0.335 e. The van der Waals surface area contributed by atoms with E-state index in [1.807, 2.05) is 13.8 Å². The van der Waals surface area contributed by atoms with E-state index >= 15 is 0 Å². The first-order valence-corrected chi connectivity index (χ1v) is 9.91. The van der Waals surface area contributed by atoms with Gasteiger partial charge in [0.05, 0.1) is 17.7 Å².